The van der Waals surface area contributed by atoms with Crippen LogP contribution in [0.4, 0.5) is 0 Å². The van der Waals surface area contributed by atoms with Crippen molar-refractivity contribution in [3.63, 3.8) is 0 Å². The van der Waals surface area contributed by atoms with E-state index in [4.69, 9.17) is 10.5 Å². The number of guanidine groups is 1. The minimum absolute atomic E-state index is 0.102. The first-order chi connectivity index (χ1) is 11.7. The molecule has 0 radical (unpaired) electrons. The molecule has 4 N–H and O–H groups in total. The van der Waals surface area contributed by atoms with Crippen LogP contribution in [0.1, 0.15) is 22.3 Å². The summed E-state index contributed by atoms with van der Waals surface area (Å²) < 4.78 is 5.33. The second kappa shape index (κ2) is 9.89. The topological polar surface area (TPSA) is 92.0 Å². The van der Waals surface area contributed by atoms with E-state index >= 15 is 0 Å². The van der Waals surface area contributed by atoms with Gasteiger partial charge in [0.1, 0.15) is 0 Å². The second-order valence-corrected chi connectivity index (χ2v) is 5.72. The Morgan fingerprint density at radius 2 is 2.17 bits per heavy atom. The Kier molecular flexibility index (Phi) is 7.51. The highest BCUT2D eigenvalue weighted by molar-refractivity contribution is 5.94. The molecule has 7 nitrogen and oxygen atoms in total. The lowest BCUT2D eigenvalue weighted by Gasteiger charge is -2.26. The molecule has 1 saturated heterocycles. The van der Waals surface area contributed by atoms with Gasteiger partial charge in [-0.25, -0.2) is 4.99 Å². The molecule has 0 atom stereocenters. The van der Waals surface area contributed by atoms with Gasteiger partial charge in [-0.1, -0.05) is 12.1 Å². The molecule has 1 fully saturated rings. The van der Waals surface area contributed by atoms with Gasteiger partial charge in [-0.3, -0.25) is 9.69 Å². The number of carbonyl (C=O) groups is 1. The first-order valence-electron chi connectivity index (χ1n) is 8.34. The number of rotatable bonds is 7. The molecule has 1 aromatic rings. The van der Waals surface area contributed by atoms with Gasteiger partial charge < -0.3 is 21.1 Å². The standard InChI is InChI=1S/C17H27N5O2/c1-19-16(23)15-5-2-4-14(12-15)13-21-17(18)20-6-3-7-22-8-10-24-11-9-22/h2,4-5,12H,3,6-11,13H2,1H3,(H,19,23)(H3,18,20,21). The summed E-state index contributed by atoms with van der Waals surface area (Å²) >= 11 is 0. The minimum atomic E-state index is -0.102. The van der Waals surface area contributed by atoms with E-state index < -0.39 is 0 Å². The van der Waals surface area contributed by atoms with E-state index in [-0.39, 0.29) is 5.91 Å². The van der Waals surface area contributed by atoms with Crippen LogP contribution in [0.15, 0.2) is 29.3 Å². The number of nitrogens with two attached hydrogens (primary N) is 1. The normalized spacial score (nSPS) is 16.0. The van der Waals surface area contributed by atoms with Crippen LogP contribution < -0.4 is 16.4 Å². The minimum Gasteiger partial charge on any atom is -0.379 e. The molecule has 0 spiro atoms. The van der Waals surface area contributed by atoms with E-state index in [1.165, 1.54) is 0 Å². The predicted octanol–water partition coefficient (Wildman–Crippen LogP) is 0.173. The van der Waals surface area contributed by atoms with E-state index in [0.29, 0.717) is 18.1 Å². The van der Waals surface area contributed by atoms with Crippen LogP contribution in [0, 0.1) is 0 Å². The monoisotopic (exact) mass is 333 g/mol. The van der Waals surface area contributed by atoms with Gasteiger partial charge in [0.25, 0.3) is 5.91 Å². The quantitative estimate of drug-likeness (QED) is 0.376. The molecule has 132 valence electrons. The smallest absolute Gasteiger partial charge is 0.251 e. The third kappa shape index (κ3) is 6.17. The third-order valence-corrected chi connectivity index (χ3v) is 3.91. The van der Waals surface area contributed by atoms with Gasteiger partial charge in [-0.05, 0) is 30.7 Å². The van der Waals surface area contributed by atoms with Crippen LogP contribution in [0.5, 0.6) is 0 Å². The summed E-state index contributed by atoms with van der Waals surface area (Å²) in [5.74, 6) is 0.331. The largest absolute Gasteiger partial charge is 0.379 e. The van der Waals surface area contributed by atoms with Gasteiger partial charge in [0.2, 0.25) is 0 Å². The maximum Gasteiger partial charge on any atom is 0.251 e. The Balaban J connectivity index is 1.70. The fourth-order valence-electron chi connectivity index (χ4n) is 2.53. The number of hydrogen-bond acceptors (Lipinski definition) is 4. The van der Waals surface area contributed by atoms with E-state index in [9.17, 15) is 4.79 Å². The number of aliphatic imine (C=N–C) groups is 1. The zero-order valence-electron chi connectivity index (χ0n) is 14.3. The number of carbonyl (C=O) groups excluding carboxylic acids is 1. The average Bonchev–Trinajstić information content (AvgIpc) is 2.64. The number of nitrogens with one attached hydrogen (secondary N) is 2. The maximum atomic E-state index is 11.6. The molecule has 0 unspecified atom stereocenters. The van der Waals surface area contributed by atoms with E-state index in [1.807, 2.05) is 18.2 Å². The fraction of sp³-hybridized carbons (Fsp3) is 0.529. The van der Waals surface area contributed by atoms with Crippen LogP contribution >= 0.6 is 0 Å². The highest BCUT2D eigenvalue weighted by Crippen LogP contribution is 2.06. The summed E-state index contributed by atoms with van der Waals surface area (Å²) in [5.41, 5.74) is 7.47. The Labute approximate surface area is 143 Å². The molecule has 7 heteroatoms. The van der Waals surface area contributed by atoms with Crippen molar-refractivity contribution in [1.82, 2.24) is 15.5 Å². The van der Waals surface area contributed by atoms with Crippen molar-refractivity contribution < 1.29 is 9.53 Å². The van der Waals surface area contributed by atoms with Crippen LogP contribution in [0.3, 0.4) is 0 Å². The summed E-state index contributed by atoms with van der Waals surface area (Å²) in [7, 11) is 1.62. The van der Waals surface area contributed by atoms with Crippen molar-refractivity contribution in [1.29, 1.82) is 0 Å². The zero-order valence-corrected chi connectivity index (χ0v) is 14.3. The molecule has 2 rings (SSSR count). The SMILES string of the molecule is CNC(=O)c1cccc(CN=C(N)NCCCN2CCOCC2)c1. The number of benzene rings is 1. The van der Waals surface area contributed by atoms with Crippen molar-refractivity contribution in [3.8, 4) is 0 Å². The third-order valence-electron chi connectivity index (χ3n) is 3.91. The summed E-state index contributed by atoms with van der Waals surface area (Å²) in [4.78, 5) is 18.3. The zero-order chi connectivity index (χ0) is 17.2. The van der Waals surface area contributed by atoms with E-state index in [1.54, 1.807) is 13.1 Å². The van der Waals surface area contributed by atoms with Crippen LogP contribution in [0.25, 0.3) is 0 Å². The van der Waals surface area contributed by atoms with Crippen molar-refractivity contribution in [2.75, 3.05) is 46.4 Å². The molecular formula is C17H27N5O2. The van der Waals surface area contributed by atoms with Gasteiger partial charge in [0.15, 0.2) is 5.96 Å². The molecule has 0 aromatic heterocycles. The molecule has 1 aliphatic heterocycles. The lowest BCUT2D eigenvalue weighted by Crippen LogP contribution is -2.39. The molecule has 0 bridgehead atoms. The molecule has 0 aliphatic carbocycles. The van der Waals surface area contributed by atoms with Gasteiger partial charge in [-0.15, -0.1) is 0 Å². The van der Waals surface area contributed by atoms with E-state index in [0.717, 1.165) is 51.4 Å². The van der Waals surface area contributed by atoms with Gasteiger partial charge in [0.05, 0.1) is 19.8 Å². The fourth-order valence-corrected chi connectivity index (χ4v) is 2.53. The number of nitrogens with zero attached hydrogens (tertiary/aromatic N) is 2. The highest BCUT2D eigenvalue weighted by Gasteiger charge is 2.09. The molecule has 1 aliphatic rings. The number of morpholine rings is 1. The lowest BCUT2D eigenvalue weighted by molar-refractivity contribution is 0.0376. The van der Waals surface area contributed by atoms with Crippen LogP contribution in [0.2, 0.25) is 0 Å². The second-order valence-electron chi connectivity index (χ2n) is 5.72. The van der Waals surface area contributed by atoms with Gasteiger partial charge >= 0.3 is 0 Å². The molecule has 0 saturated carbocycles. The van der Waals surface area contributed by atoms with Crippen molar-refractivity contribution in [2.24, 2.45) is 10.7 Å². The number of ether oxygens (including phenoxy) is 1. The van der Waals surface area contributed by atoms with Gasteiger partial charge in [-0.2, -0.15) is 0 Å². The first kappa shape index (κ1) is 18.2. The molecule has 1 amide bonds. The van der Waals surface area contributed by atoms with Crippen LogP contribution in [-0.4, -0.2) is 63.2 Å². The summed E-state index contributed by atoms with van der Waals surface area (Å²) in [6.07, 6.45) is 1.02. The summed E-state index contributed by atoms with van der Waals surface area (Å²) in [6, 6.07) is 7.39. The van der Waals surface area contributed by atoms with Crippen molar-refractivity contribution >= 4 is 11.9 Å². The summed E-state index contributed by atoms with van der Waals surface area (Å²) in [5, 5.41) is 5.74. The summed E-state index contributed by atoms with van der Waals surface area (Å²) in [6.45, 7) is 5.95. The maximum absolute atomic E-state index is 11.6. The molecular weight excluding hydrogens is 306 g/mol. The molecule has 1 heterocycles. The van der Waals surface area contributed by atoms with Crippen molar-refractivity contribution in [2.45, 2.75) is 13.0 Å². The number of hydrogen-bond donors (Lipinski definition) is 3. The molecule has 24 heavy (non-hydrogen) atoms. The van der Waals surface area contributed by atoms with Crippen molar-refractivity contribution in [3.05, 3.63) is 35.4 Å². The Morgan fingerprint density at radius 3 is 2.92 bits per heavy atom. The average molecular weight is 333 g/mol. The van der Waals surface area contributed by atoms with E-state index in [2.05, 4.69) is 20.5 Å². The highest BCUT2D eigenvalue weighted by atomic mass is 16.5. The molecule has 1 aromatic carbocycles. The Morgan fingerprint density at radius 1 is 1.38 bits per heavy atom. The Bertz CT molecular complexity index is 556. The Hall–Kier alpha value is -2.12. The van der Waals surface area contributed by atoms with Gasteiger partial charge in [0, 0.05) is 32.2 Å². The first-order valence-corrected chi connectivity index (χ1v) is 8.34. The number of amides is 1. The predicted molar refractivity (Wildman–Crippen MR) is 95.0 cm³/mol. The van der Waals surface area contributed by atoms with Crippen LogP contribution in [-0.2, 0) is 11.3 Å². The lowest BCUT2D eigenvalue weighted by atomic mass is 10.1.